The van der Waals surface area contributed by atoms with Gasteiger partial charge in [0.25, 0.3) is 17.5 Å². The minimum Gasteiger partial charge on any atom is -0.494 e. The lowest BCUT2D eigenvalue weighted by molar-refractivity contribution is -0.385. The average Bonchev–Trinajstić information content (AvgIpc) is 2.92. The van der Waals surface area contributed by atoms with Crippen LogP contribution in [0.1, 0.15) is 52.0 Å². The first-order valence-corrected chi connectivity index (χ1v) is 9.32. The molecule has 0 fully saturated rings. The van der Waals surface area contributed by atoms with E-state index in [4.69, 9.17) is 4.74 Å². The van der Waals surface area contributed by atoms with Crippen molar-refractivity contribution in [2.45, 2.75) is 32.6 Å². The number of nitro benzene ring substituents is 1. The summed E-state index contributed by atoms with van der Waals surface area (Å²) in [7, 11) is 0. The van der Waals surface area contributed by atoms with E-state index < -0.39 is 4.92 Å². The highest BCUT2D eigenvalue weighted by atomic mass is 16.6. The highest BCUT2D eigenvalue weighted by Gasteiger charge is 2.34. The van der Waals surface area contributed by atoms with Gasteiger partial charge in [-0.2, -0.15) is 0 Å². The summed E-state index contributed by atoms with van der Waals surface area (Å²) in [6.45, 7) is 2.63. The summed E-state index contributed by atoms with van der Waals surface area (Å²) < 4.78 is 5.64. The van der Waals surface area contributed by atoms with Gasteiger partial charge in [-0.1, -0.05) is 25.0 Å². The van der Waals surface area contributed by atoms with Gasteiger partial charge in [-0.15, -0.1) is 0 Å². The molecule has 0 saturated heterocycles. The second-order valence-corrected chi connectivity index (χ2v) is 6.78. The number of benzene rings is 2. The number of rotatable bonds is 9. The summed E-state index contributed by atoms with van der Waals surface area (Å²) in [5.41, 5.74) is 1.63. The normalized spacial score (nSPS) is 13.0. The van der Waals surface area contributed by atoms with E-state index >= 15 is 0 Å². The number of hydrogen-bond donors (Lipinski definition) is 0. The second-order valence-electron chi connectivity index (χ2n) is 6.78. The lowest BCUT2D eigenvalue weighted by Gasteiger charge is -2.13. The van der Waals surface area contributed by atoms with Crippen LogP contribution in [0.5, 0.6) is 5.75 Å². The first-order chi connectivity index (χ1) is 13.5. The van der Waals surface area contributed by atoms with E-state index in [-0.39, 0.29) is 17.5 Å². The number of fused-ring (bicyclic) bond motifs is 1. The second kappa shape index (κ2) is 8.65. The minimum atomic E-state index is -0.409. The minimum absolute atomic E-state index is 0.0838. The number of nitro groups is 1. The number of amides is 2. The zero-order valence-electron chi connectivity index (χ0n) is 15.7. The molecule has 2 amide bonds. The van der Waals surface area contributed by atoms with Crippen molar-refractivity contribution < 1.29 is 19.2 Å². The Hall–Kier alpha value is -3.22. The molecule has 0 radical (unpaired) electrons. The first kappa shape index (κ1) is 19.5. The van der Waals surface area contributed by atoms with Gasteiger partial charge in [0.2, 0.25) is 0 Å². The lowest BCUT2D eigenvalue weighted by Crippen LogP contribution is -2.30. The molecule has 7 heteroatoms. The summed E-state index contributed by atoms with van der Waals surface area (Å²) in [6.07, 6.45) is 3.38. The topological polar surface area (TPSA) is 89.8 Å². The van der Waals surface area contributed by atoms with Gasteiger partial charge in [0.1, 0.15) is 5.75 Å². The summed E-state index contributed by atoms with van der Waals surface area (Å²) in [4.78, 5) is 36.3. The summed E-state index contributed by atoms with van der Waals surface area (Å²) in [6, 6.07) is 11.6. The maximum Gasteiger partial charge on any atom is 0.272 e. The van der Waals surface area contributed by atoms with Gasteiger partial charge in [0.15, 0.2) is 0 Å². The third kappa shape index (κ3) is 4.19. The smallest absolute Gasteiger partial charge is 0.272 e. The molecule has 0 unspecified atom stereocenters. The Morgan fingerprint density at radius 3 is 2.21 bits per heavy atom. The maximum absolute atomic E-state index is 12.3. The molecule has 0 aliphatic carbocycles. The third-order valence-electron chi connectivity index (χ3n) is 4.79. The van der Waals surface area contributed by atoms with Crippen LogP contribution in [0.15, 0.2) is 42.5 Å². The van der Waals surface area contributed by atoms with E-state index in [1.54, 1.807) is 43.3 Å². The molecular formula is C21H22N2O5. The predicted octanol–water partition coefficient (Wildman–Crippen LogP) is 4.14. The van der Waals surface area contributed by atoms with Crippen molar-refractivity contribution in [3.63, 3.8) is 0 Å². The molecule has 3 rings (SSSR count). The van der Waals surface area contributed by atoms with E-state index in [0.29, 0.717) is 35.6 Å². The van der Waals surface area contributed by atoms with Gasteiger partial charge >= 0.3 is 0 Å². The maximum atomic E-state index is 12.3. The van der Waals surface area contributed by atoms with Crippen LogP contribution < -0.4 is 4.74 Å². The third-order valence-corrected chi connectivity index (χ3v) is 4.79. The number of nitrogens with zero attached hydrogens (tertiary/aromatic N) is 2. The molecule has 1 aliphatic rings. The Labute approximate surface area is 163 Å². The Kier molecular flexibility index (Phi) is 6.03. The van der Waals surface area contributed by atoms with Gasteiger partial charge in [-0.05, 0) is 44.0 Å². The van der Waals surface area contributed by atoms with Gasteiger partial charge in [0.05, 0.1) is 22.7 Å². The van der Waals surface area contributed by atoms with Crippen LogP contribution in [0.3, 0.4) is 0 Å². The van der Waals surface area contributed by atoms with E-state index in [9.17, 15) is 19.7 Å². The molecule has 2 aromatic rings. The molecule has 0 saturated carbocycles. The average molecular weight is 382 g/mol. The molecule has 1 heterocycles. The Balaban J connectivity index is 1.35. The monoisotopic (exact) mass is 382 g/mol. The van der Waals surface area contributed by atoms with Crippen molar-refractivity contribution in [3.8, 4) is 5.75 Å². The Bertz CT molecular complexity index is 874. The Morgan fingerprint density at radius 1 is 0.964 bits per heavy atom. The molecule has 7 nitrogen and oxygen atoms in total. The molecule has 0 N–H and O–H groups in total. The van der Waals surface area contributed by atoms with Gasteiger partial charge in [0, 0.05) is 18.2 Å². The number of hydrogen-bond acceptors (Lipinski definition) is 5. The van der Waals surface area contributed by atoms with Crippen LogP contribution in [0, 0.1) is 17.0 Å². The zero-order chi connectivity index (χ0) is 20.1. The quantitative estimate of drug-likeness (QED) is 0.281. The summed E-state index contributed by atoms with van der Waals surface area (Å²) >= 11 is 0. The van der Waals surface area contributed by atoms with E-state index in [1.807, 2.05) is 0 Å². The summed E-state index contributed by atoms with van der Waals surface area (Å²) in [5.74, 6) is 0.198. The number of unbranched alkanes of at least 4 members (excludes halogenated alkanes) is 3. The number of imide groups is 1. The fourth-order valence-electron chi connectivity index (χ4n) is 3.28. The van der Waals surface area contributed by atoms with E-state index in [2.05, 4.69) is 0 Å². The largest absolute Gasteiger partial charge is 0.494 e. The molecule has 0 spiro atoms. The van der Waals surface area contributed by atoms with Crippen molar-refractivity contribution in [1.29, 1.82) is 0 Å². The van der Waals surface area contributed by atoms with Crippen molar-refractivity contribution in [1.82, 2.24) is 4.90 Å². The van der Waals surface area contributed by atoms with Crippen molar-refractivity contribution in [3.05, 3.63) is 69.3 Å². The van der Waals surface area contributed by atoms with E-state index in [1.165, 1.54) is 11.0 Å². The van der Waals surface area contributed by atoms with Crippen molar-refractivity contribution in [2.24, 2.45) is 0 Å². The standard InChI is InChI=1S/C21H22N2O5/c1-15-14-16(10-11-19(15)23(26)27)28-13-7-3-2-6-12-22-20(24)17-8-4-5-9-18(17)21(22)25/h4-5,8-11,14H,2-3,6-7,12-13H2,1H3. The van der Waals surface area contributed by atoms with Crippen LogP contribution >= 0.6 is 0 Å². The van der Waals surface area contributed by atoms with Crippen LogP contribution in [0.2, 0.25) is 0 Å². The molecule has 2 aromatic carbocycles. The van der Waals surface area contributed by atoms with Gasteiger partial charge in [-0.25, -0.2) is 0 Å². The van der Waals surface area contributed by atoms with Crippen LogP contribution in [-0.4, -0.2) is 34.8 Å². The molecule has 0 atom stereocenters. The number of ether oxygens (including phenoxy) is 1. The van der Waals surface area contributed by atoms with Crippen molar-refractivity contribution >= 4 is 17.5 Å². The highest BCUT2D eigenvalue weighted by Crippen LogP contribution is 2.24. The van der Waals surface area contributed by atoms with Gasteiger partial charge in [-0.3, -0.25) is 24.6 Å². The lowest BCUT2D eigenvalue weighted by atomic mass is 10.1. The first-order valence-electron chi connectivity index (χ1n) is 9.32. The number of aryl methyl sites for hydroxylation is 1. The fourth-order valence-corrected chi connectivity index (χ4v) is 3.28. The summed E-state index contributed by atoms with van der Waals surface area (Å²) in [5, 5.41) is 10.8. The SMILES string of the molecule is Cc1cc(OCCCCCCN2C(=O)c3ccccc3C2=O)ccc1[N+](=O)[O-]. The molecule has 146 valence electrons. The Morgan fingerprint density at radius 2 is 1.61 bits per heavy atom. The van der Waals surface area contributed by atoms with Crippen molar-refractivity contribution in [2.75, 3.05) is 13.2 Å². The van der Waals surface area contributed by atoms with Gasteiger partial charge < -0.3 is 4.74 Å². The van der Waals surface area contributed by atoms with Crippen LogP contribution in [-0.2, 0) is 0 Å². The predicted molar refractivity (Wildman–Crippen MR) is 104 cm³/mol. The van der Waals surface area contributed by atoms with E-state index in [0.717, 1.165) is 25.7 Å². The molecule has 1 aliphatic heterocycles. The highest BCUT2D eigenvalue weighted by molar-refractivity contribution is 6.21. The molecule has 0 bridgehead atoms. The number of carbonyl (C=O) groups is 2. The number of carbonyl (C=O) groups excluding carboxylic acids is 2. The fraction of sp³-hybridized carbons (Fsp3) is 0.333. The molecule has 0 aromatic heterocycles. The van der Waals surface area contributed by atoms with Crippen LogP contribution in [0.25, 0.3) is 0 Å². The molecule has 28 heavy (non-hydrogen) atoms. The zero-order valence-corrected chi connectivity index (χ0v) is 15.7. The molecular weight excluding hydrogens is 360 g/mol. The van der Waals surface area contributed by atoms with Crippen LogP contribution in [0.4, 0.5) is 5.69 Å².